The molecule has 1 atom stereocenters. The number of nitrogens with zero attached hydrogens (tertiary/aromatic N) is 4. The average Bonchev–Trinajstić information content (AvgIpc) is 2.39. The van der Waals surface area contributed by atoms with E-state index in [1.165, 1.54) is 0 Å². The first kappa shape index (κ1) is 14.3. The maximum atomic E-state index is 11.5. The lowest BCUT2D eigenvalue weighted by Crippen LogP contribution is -2.63. The highest BCUT2D eigenvalue weighted by Crippen LogP contribution is 2.15. The molecule has 108 valence electrons. The molecule has 2 heterocycles. The molecule has 2 aliphatic rings. The summed E-state index contributed by atoms with van der Waals surface area (Å²) < 4.78 is 0. The monoisotopic (exact) mass is 268 g/mol. The van der Waals surface area contributed by atoms with Gasteiger partial charge in [0, 0.05) is 59.7 Å². The average molecular weight is 268 g/mol. The summed E-state index contributed by atoms with van der Waals surface area (Å²) in [5.41, 5.74) is 0. The number of rotatable bonds is 1. The molecule has 2 amide bonds. The fraction of sp³-hybridized carbons (Fsp3) is 0.846. The number of piperazine rings is 2. The molecule has 0 spiro atoms. The molecule has 0 aliphatic carbocycles. The second-order valence-electron chi connectivity index (χ2n) is 5.47. The highest BCUT2D eigenvalue weighted by Gasteiger charge is 2.32. The predicted molar refractivity (Wildman–Crippen MR) is 72.5 cm³/mol. The van der Waals surface area contributed by atoms with Crippen LogP contribution in [-0.2, 0) is 9.59 Å². The van der Waals surface area contributed by atoms with Gasteiger partial charge in [-0.15, -0.1) is 0 Å². The van der Waals surface area contributed by atoms with Crippen molar-refractivity contribution in [1.82, 2.24) is 19.6 Å². The minimum atomic E-state index is 0.153. The molecule has 0 aromatic carbocycles. The van der Waals surface area contributed by atoms with Crippen LogP contribution in [0.25, 0.3) is 0 Å². The van der Waals surface area contributed by atoms with Gasteiger partial charge in [-0.1, -0.05) is 0 Å². The Morgan fingerprint density at radius 1 is 0.842 bits per heavy atom. The molecule has 19 heavy (non-hydrogen) atoms. The van der Waals surface area contributed by atoms with Gasteiger partial charge in [-0.05, 0) is 7.05 Å². The van der Waals surface area contributed by atoms with E-state index in [0.717, 1.165) is 45.8 Å². The minimum absolute atomic E-state index is 0.153. The summed E-state index contributed by atoms with van der Waals surface area (Å²) in [7, 11) is 2.11. The lowest BCUT2D eigenvalue weighted by Gasteiger charge is -2.47. The van der Waals surface area contributed by atoms with E-state index in [1.807, 2.05) is 9.80 Å². The van der Waals surface area contributed by atoms with Gasteiger partial charge in [-0.3, -0.25) is 19.4 Å². The van der Waals surface area contributed by atoms with Gasteiger partial charge in [0.2, 0.25) is 11.8 Å². The molecule has 0 N–H and O–H groups in total. The molecule has 2 aliphatic heterocycles. The molecule has 1 unspecified atom stereocenters. The van der Waals surface area contributed by atoms with Crippen LogP contribution in [0.2, 0.25) is 0 Å². The topological polar surface area (TPSA) is 47.1 Å². The number of carbonyl (C=O) groups excluding carboxylic acids is 2. The normalized spacial score (nSPS) is 26.6. The van der Waals surface area contributed by atoms with Crippen molar-refractivity contribution in [3.8, 4) is 0 Å². The number of amides is 2. The third-order valence-corrected chi connectivity index (χ3v) is 4.24. The first-order valence-electron chi connectivity index (χ1n) is 6.94. The second-order valence-corrected chi connectivity index (χ2v) is 5.47. The van der Waals surface area contributed by atoms with E-state index in [4.69, 9.17) is 0 Å². The molecule has 2 saturated heterocycles. The van der Waals surface area contributed by atoms with Crippen molar-refractivity contribution in [2.75, 3.05) is 52.9 Å². The number of hydrogen-bond donors (Lipinski definition) is 0. The molecule has 0 radical (unpaired) electrons. The maximum Gasteiger partial charge on any atom is 0.219 e. The van der Waals surface area contributed by atoms with Gasteiger partial charge in [-0.2, -0.15) is 0 Å². The van der Waals surface area contributed by atoms with Crippen LogP contribution in [0.3, 0.4) is 0 Å². The summed E-state index contributed by atoms with van der Waals surface area (Å²) in [5.74, 6) is 0.308. The zero-order valence-electron chi connectivity index (χ0n) is 12.1. The number of likely N-dealkylation sites (N-methyl/N-ethyl adjacent to an activating group) is 1. The second kappa shape index (κ2) is 5.88. The van der Waals surface area contributed by atoms with Gasteiger partial charge in [0.1, 0.15) is 0 Å². The maximum absolute atomic E-state index is 11.5. The molecule has 6 nitrogen and oxygen atoms in total. The van der Waals surface area contributed by atoms with Crippen molar-refractivity contribution in [2.45, 2.75) is 20.0 Å². The Hall–Kier alpha value is -1.14. The molecule has 0 aromatic rings. The fourth-order valence-electron chi connectivity index (χ4n) is 2.87. The molecular weight excluding hydrogens is 244 g/mol. The number of hydrogen-bond acceptors (Lipinski definition) is 4. The summed E-state index contributed by atoms with van der Waals surface area (Å²) in [5, 5.41) is 0. The Balaban J connectivity index is 1.93. The van der Waals surface area contributed by atoms with Crippen molar-refractivity contribution in [1.29, 1.82) is 0 Å². The van der Waals surface area contributed by atoms with Crippen LogP contribution in [0.1, 0.15) is 13.8 Å². The van der Waals surface area contributed by atoms with Gasteiger partial charge in [-0.25, -0.2) is 0 Å². The molecule has 0 bridgehead atoms. The smallest absolute Gasteiger partial charge is 0.219 e. The SMILES string of the molecule is CC(=O)N1CCN(C2CN(C(C)=O)CCN2C)CC1. The first-order valence-corrected chi connectivity index (χ1v) is 6.94. The summed E-state index contributed by atoms with van der Waals surface area (Å²) in [6.07, 6.45) is 0.284. The van der Waals surface area contributed by atoms with Crippen LogP contribution in [0.4, 0.5) is 0 Å². The lowest BCUT2D eigenvalue weighted by atomic mass is 10.2. The minimum Gasteiger partial charge on any atom is -0.340 e. The zero-order valence-corrected chi connectivity index (χ0v) is 12.1. The zero-order chi connectivity index (χ0) is 14.0. The van der Waals surface area contributed by atoms with Gasteiger partial charge in [0.25, 0.3) is 0 Å². The van der Waals surface area contributed by atoms with Crippen LogP contribution < -0.4 is 0 Å². The Morgan fingerprint density at radius 3 is 1.89 bits per heavy atom. The number of carbonyl (C=O) groups is 2. The van der Waals surface area contributed by atoms with E-state index in [2.05, 4.69) is 16.8 Å². The van der Waals surface area contributed by atoms with Gasteiger partial charge in [0.05, 0.1) is 6.17 Å². The van der Waals surface area contributed by atoms with Gasteiger partial charge in [0.15, 0.2) is 0 Å². The van der Waals surface area contributed by atoms with Gasteiger partial charge < -0.3 is 9.80 Å². The van der Waals surface area contributed by atoms with Crippen LogP contribution in [0, 0.1) is 0 Å². The van der Waals surface area contributed by atoms with Crippen LogP contribution in [0.15, 0.2) is 0 Å². The van der Waals surface area contributed by atoms with E-state index in [9.17, 15) is 9.59 Å². The first-order chi connectivity index (χ1) is 8.99. The Labute approximate surface area is 114 Å². The quantitative estimate of drug-likeness (QED) is 0.629. The van der Waals surface area contributed by atoms with Crippen LogP contribution in [0.5, 0.6) is 0 Å². The van der Waals surface area contributed by atoms with Gasteiger partial charge >= 0.3 is 0 Å². The highest BCUT2D eigenvalue weighted by atomic mass is 16.2. The van der Waals surface area contributed by atoms with E-state index < -0.39 is 0 Å². The summed E-state index contributed by atoms with van der Waals surface area (Å²) >= 11 is 0. The van der Waals surface area contributed by atoms with E-state index in [1.54, 1.807) is 13.8 Å². The standard InChI is InChI=1S/C13H24N4O2/c1-11(18)15-6-8-16(9-7-15)13-10-17(12(2)19)5-4-14(13)3/h13H,4-10H2,1-3H3. The molecule has 0 saturated carbocycles. The fourth-order valence-corrected chi connectivity index (χ4v) is 2.87. The lowest BCUT2D eigenvalue weighted by molar-refractivity contribution is -0.136. The van der Waals surface area contributed by atoms with E-state index >= 15 is 0 Å². The Bertz CT molecular complexity index is 353. The Morgan fingerprint density at radius 2 is 1.37 bits per heavy atom. The van der Waals surface area contributed by atoms with Crippen molar-refractivity contribution in [3.63, 3.8) is 0 Å². The van der Waals surface area contributed by atoms with Crippen molar-refractivity contribution in [3.05, 3.63) is 0 Å². The van der Waals surface area contributed by atoms with Crippen molar-refractivity contribution in [2.24, 2.45) is 0 Å². The molecule has 2 fully saturated rings. The van der Waals surface area contributed by atoms with E-state index in [-0.39, 0.29) is 18.0 Å². The largest absolute Gasteiger partial charge is 0.340 e. The van der Waals surface area contributed by atoms with E-state index in [0.29, 0.717) is 0 Å². The third-order valence-electron chi connectivity index (χ3n) is 4.24. The van der Waals surface area contributed by atoms with Crippen LogP contribution >= 0.6 is 0 Å². The Kier molecular flexibility index (Phi) is 4.42. The molecular formula is C13H24N4O2. The summed E-state index contributed by atoms with van der Waals surface area (Å²) in [4.78, 5) is 31.3. The summed E-state index contributed by atoms with van der Waals surface area (Å²) in [6, 6.07) is 0. The summed E-state index contributed by atoms with van der Waals surface area (Å²) in [6.45, 7) is 9.12. The van der Waals surface area contributed by atoms with Crippen molar-refractivity contribution >= 4 is 11.8 Å². The third kappa shape index (κ3) is 3.25. The van der Waals surface area contributed by atoms with Crippen LogP contribution in [-0.4, -0.2) is 90.4 Å². The molecule has 0 aromatic heterocycles. The highest BCUT2D eigenvalue weighted by molar-refractivity contribution is 5.73. The van der Waals surface area contributed by atoms with Crippen molar-refractivity contribution < 1.29 is 9.59 Å². The molecule has 6 heteroatoms. The predicted octanol–water partition coefficient (Wildman–Crippen LogP) is -0.729. The molecule has 2 rings (SSSR count).